The lowest BCUT2D eigenvalue weighted by Crippen LogP contribution is -2.11. The molecule has 174 valence electrons. The first-order valence-corrected chi connectivity index (χ1v) is 13.1. The van der Waals surface area contributed by atoms with E-state index in [0.717, 1.165) is 33.7 Å². The van der Waals surface area contributed by atoms with Gasteiger partial charge in [-0.15, -0.1) is 22.0 Å². The molecule has 4 rings (SSSR count). The van der Waals surface area contributed by atoms with E-state index in [1.54, 1.807) is 23.5 Å². The number of rotatable bonds is 9. The molecule has 1 aromatic heterocycles. The highest BCUT2D eigenvalue weighted by molar-refractivity contribution is 7.98. The summed E-state index contributed by atoms with van der Waals surface area (Å²) in [5.41, 5.74) is 3.95. The molecule has 0 aliphatic heterocycles. The number of benzene rings is 3. The smallest absolute Gasteiger partial charge is 0.338 e. The summed E-state index contributed by atoms with van der Waals surface area (Å²) in [6.07, 6.45) is -0.134. The van der Waals surface area contributed by atoms with Gasteiger partial charge in [0.15, 0.2) is 5.16 Å². The van der Waals surface area contributed by atoms with Crippen molar-refractivity contribution in [2.75, 3.05) is 0 Å². The molecule has 5 nitrogen and oxygen atoms in total. The number of hydrogen-bond acceptors (Lipinski definition) is 6. The topological polar surface area (TPSA) is 57.0 Å². The van der Waals surface area contributed by atoms with Gasteiger partial charge in [-0.3, -0.25) is 4.57 Å². The quantitative estimate of drug-likeness (QED) is 0.192. The predicted octanol–water partition coefficient (Wildman–Crippen LogP) is 6.73. The standard InChI is InChI=1S/C27H27N3O2S2/c1-19(2)32-26(31)22-13-11-21(12-14-22)17-34-27-29-28-25(30(27)23-7-5-4-6-8-23)18-33-24-15-9-20(3)10-16-24/h4-16,19H,17-18H2,1-3H3. The minimum Gasteiger partial charge on any atom is -0.459 e. The van der Waals surface area contributed by atoms with Gasteiger partial charge in [-0.05, 0) is 62.7 Å². The highest BCUT2D eigenvalue weighted by Gasteiger charge is 2.15. The van der Waals surface area contributed by atoms with Crippen molar-refractivity contribution in [3.63, 3.8) is 0 Å². The Bertz CT molecular complexity index is 1220. The molecule has 3 aromatic carbocycles. The van der Waals surface area contributed by atoms with Gasteiger partial charge >= 0.3 is 5.97 Å². The fraction of sp³-hybridized carbons (Fsp3) is 0.222. The first-order valence-electron chi connectivity index (χ1n) is 11.1. The predicted molar refractivity (Wildman–Crippen MR) is 139 cm³/mol. The minimum atomic E-state index is -0.297. The lowest BCUT2D eigenvalue weighted by Gasteiger charge is -2.11. The van der Waals surface area contributed by atoms with E-state index in [2.05, 4.69) is 58.1 Å². The summed E-state index contributed by atoms with van der Waals surface area (Å²) in [5, 5.41) is 9.85. The Hall–Kier alpha value is -3.03. The number of esters is 1. The van der Waals surface area contributed by atoms with Gasteiger partial charge in [0.1, 0.15) is 5.82 Å². The van der Waals surface area contributed by atoms with Gasteiger partial charge < -0.3 is 4.74 Å². The van der Waals surface area contributed by atoms with E-state index >= 15 is 0 Å². The number of para-hydroxylation sites is 1. The lowest BCUT2D eigenvalue weighted by atomic mass is 10.1. The number of thioether (sulfide) groups is 2. The molecule has 34 heavy (non-hydrogen) atoms. The summed E-state index contributed by atoms with van der Waals surface area (Å²) in [7, 11) is 0. The van der Waals surface area contributed by atoms with Gasteiger partial charge in [0.05, 0.1) is 17.4 Å². The third-order valence-electron chi connectivity index (χ3n) is 5.00. The fourth-order valence-electron chi connectivity index (χ4n) is 3.27. The second-order valence-corrected chi connectivity index (χ2v) is 10.1. The molecule has 0 unspecified atom stereocenters. The maximum atomic E-state index is 12.1. The zero-order valence-electron chi connectivity index (χ0n) is 19.5. The number of aromatic nitrogens is 3. The van der Waals surface area contributed by atoms with Crippen molar-refractivity contribution in [1.29, 1.82) is 0 Å². The maximum Gasteiger partial charge on any atom is 0.338 e. The van der Waals surface area contributed by atoms with Crippen LogP contribution in [-0.2, 0) is 16.2 Å². The molecule has 0 bridgehead atoms. The summed E-state index contributed by atoms with van der Waals surface area (Å²) in [6.45, 7) is 5.79. The van der Waals surface area contributed by atoms with Crippen LogP contribution in [0.5, 0.6) is 0 Å². The van der Waals surface area contributed by atoms with Crippen molar-refractivity contribution in [3.05, 3.63) is 101 Å². The summed E-state index contributed by atoms with van der Waals surface area (Å²) < 4.78 is 7.39. The second-order valence-electron chi connectivity index (χ2n) is 8.11. The van der Waals surface area contributed by atoms with Crippen LogP contribution in [0.2, 0.25) is 0 Å². The van der Waals surface area contributed by atoms with Crippen molar-refractivity contribution in [2.24, 2.45) is 0 Å². The molecular weight excluding hydrogens is 462 g/mol. The number of carbonyl (C=O) groups is 1. The monoisotopic (exact) mass is 489 g/mol. The van der Waals surface area contributed by atoms with Crippen molar-refractivity contribution >= 4 is 29.5 Å². The molecule has 0 radical (unpaired) electrons. The van der Waals surface area contributed by atoms with Gasteiger partial charge in [0.25, 0.3) is 0 Å². The van der Waals surface area contributed by atoms with Crippen LogP contribution in [0.25, 0.3) is 5.69 Å². The van der Waals surface area contributed by atoms with Crippen LogP contribution in [-0.4, -0.2) is 26.8 Å². The van der Waals surface area contributed by atoms with Crippen molar-refractivity contribution in [1.82, 2.24) is 14.8 Å². The Morgan fingerprint density at radius 3 is 2.26 bits per heavy atom. The first kappa shape index (κ1) is 24.1. The normalized spacial score (nSPS) is 11.1. The van der Waals surface area contributed by atoms with Crippen LogP contribution in [0, 0.1) is 6.92 Å². The minimum absolute atomic E-state index is 0.134. The van der Waals surface area contributed by atoms with Crippen LogP contribution in [0.3, 0.4) is 0 Å². The molecule has 0 aliphatic rings. The molecule has 0 amide bonds. The molecule has 0 saturated heterocycles. The van der Waals surface area contributed by atoms with E-state index in [4.69, 9.17) is 4.74 Å². The summed E-state index contributed by atoms with van der Waals surface area (Å²) in [4.78, 5) is 13.3. The second kappa shape index (κ2) is 11.4. The number of hydrogen-bond donors (Lipinski definition) is 0. The first-order chi connectivity index (χ1) is 16.5. The summed E-state index contributed by atoms with van der Waals surface area (Å²) in [6, 6.07) is 26.3. The van der Waals surface area contributed by atoms with Crippen LogP contribution in [0.15, 0.2) is 88.9 Å². The van der Waals surface area contributed by atoms with E-state index in [9.17, 15) is 4.79 Å². The molecule has 0 saturated carbocycles. The highest BCUT2D eigenvalue weighted by Crippen LogP contribution is 2.29. The fourth-order valence-corrected chi connectivity index (χ4v) is 5.01. The number of carbonyl (C=O) groups excluding carboxylic acids is 1. The van der Waals surface area contributed by atoms with Gasteiger partial charge in [-0.1, -0.05) is 59.8 Å². The molecule has 0 atom stereocenters. The average Bonchev–Trinajstić information content (AvgIpc) is 3.25. The third kappa shape index (κ3) is 6.30. The van der Waals surface area contributed by atoms with Gasteiger partial charge in [-0.25, -0.2) is 4.79 Å². The van der Waals surface area contributed by atoms with Crippen molar-refractivity contribution < 1.29 is 9.53 Å². The van der Waals surface area contributed by atoms with E-state index in [-0.39, 0.29) is 12.1 Å². The molecular formula is C27H27N3O2S2. The van der Waals surface area contributed by atoms with Gasteiger partial charge in [0.2, 0.25) is 0 Å². The van der Waals surface area contributed by atoms with Crippen molar-refractivity contribution in [3.8, 4) is 5.69 Å². The molecule has 0 spiro atoms. The number of aryl methyl sites for hydroxylation is 1. The Labute approximate surface area is 209 Å². The van der Waals surface area contributed by atoms with Crippen LogP contribution in [0.1, 0.15) is 41.2 Å². The maximum absolute atomic E-state index is 12.1. The van der Waals surface area contributed by atoms with Crippen LogP contribution >= 0.6 is 23.5 Å². The Morgan fingerprint density at radius 2 is 1.59 bits per heavy atom. The van der Waals surface area contributed by atoms with E-state index in [0.29, 0.717) is 5.56 Å². The molecule has 7 heteroatoms. The van der Waals surface area contributed by atoms with E-state index in [1.807, 2.05) is 56.3 Å². The van der Waals surface area contributed by atoms with E-state index < -0.39 is 0 Å². The molecule has 1 heterocycles. The summed E-state index contributed by atoms with van der Waals surface area (Å²) in [5.74, 6) is 2.05. The zero-order chi connectivity index (χ0) is 23.9. The molecule has 0 aliphatic carbocycles. The average molecular weight is 490 g/mol. The van der Waals surface area contributed by atoms with E-state index in [1.165, 1.54) is 10.5 Å². The SMILES string of the molecule is Cc1ccc(SCc2nnc(SCc3ccc(C(=O)OC(C)C)cc3)n2-c2ccccc2)cc1. The third-order valence-corrected chi connectivity index (χ3v) is 7.01. The Morgan fingerprint density at radius 1 is 0.882 bits per heavy atom. The molecule has 4 aromatic rings. The van der Waals surface area contributed by atoms with Crippen LogP contribution in [0.4, 0.5) is 0 Å². The van der Waals surface area contributed by atoms with Gasteiger partial charge in [-0.2, -0.15) is 0 Å². The summed E-state index contributed by atoms with van der Waals surface area (Å²) >= 11 is 3.38. The number of nitrogens with zero attached hydrogens (tertiary/aromatic N) is 3. The molecule has 0 N–H and O–H groups in total. The Kier molecular flexibility index (Phi) is 8.08. The van der Waals surface area contributed by atoms with Gasteiger partial charge in [0, 0.05) is 16.3 Å². The zero-order valence-corrected chi connectivity index (χ0v) is 21.1. The lowest BCUT2D eigenvalue weighted by molar-refractivity contribution is 0.0378. The highest BCUT2D eigenvalue weighted by atomic mass is 32.2. The Balaban J connectivity index is 1.49. The van der Waals surface area contributed by atoms with Crippen LogP contribution < -0.4 is 0 Å². The van der Waals surface area contributed by atoms with Crippen molar-refractivity contribution in [2.45, 2.75) is 48.4 Å². The molecule has 0 fully saturated rings. The number of ether oxygens (including phenoxy) is 1. The largest absolute Gasteiger partial charge is 0.459 e.